The minimum Gasteiger partial charge on any atom is -0.744 e. The normalized spacial score (nSPS) is 11.1. The van der Waals surface area contributed by atoms with Crippen molar-refractivity contribution in [1.82, 2.24) is 0 Å². The van der Waals surface area contributed by atoms with Crippen LogP contribution in [0, 0.1) is 6.92 Å². The van der Waals surface area contributed by atoms with Crippen LogP contribution in [0.3, 0.4) is 0 Å². The van der Waals surface area contributed by atoms with Crippen LogP contribution in [-0.4, -0.2) is 13.0 Å². The Hall–Kier alpha value is -0.390. The van der Waals surface area contributed by atoms with Gasteiger partial charge < -0.3 is 4.55 Å². The Morgan fingerprint density at radius 2 is 1.75 bits per heavy atom. The summed E-state index contributed by atoms with van der Waals surface area (Å²) < 4.78 is 33.1. The van der Waals surface area contributed by atoms with E-state index < -0.39 is 10.1 Å². The molecule has 0 radical (unpaired) electrons. The molecular weight excluding hydrogens is 235 g/mol. The summed E-state index contributed by atoms with van der Waals surface area (Å²) >= 11 is 0. The Morgan fingerprint density at radius 1 is 1.12 bits per heavy atom. The first-order valence-corrected chi connectivity index (χ1v) is 5.84. The number of fused-ring (bicyclic) bond motifs is 1. The minimum atomic E-state index is -4.40. The van der Waals surface area contributed by atoms with E-state index in [1.54, 1.807) is 25.1 Å². The molecule has 0 unspecified atom stereocenters. The van der Waals surface area contributed by atoms with Crippen LogP contribution >= 0.6 is 0 Å². The minimum absolute atomic E-state index is 0. The molecule has 0 fully saturated rings. The molecule has 0 saturated carbocycles. The fraction of sp³-hybridized carbons (Fsp3) is 0.0909. The molecular formula is C11H9NaO3S. The Kier molecular flexibility index (Phi) is 4.15. The number of rotatable bonds is 1. The fourth-order valence-electron chi connectivity index (χ4n) is 1.63. The van der Waals surface area contributed by atoms with Gasteiger partial charge in [0.15, 0.2) is 0 Å². The summed E-state index contributed by atoms with van der Waals surface area (Å²) in [7, 11) is -4.40. The van der Waals surface area contributed by atoms with Gasteiger partial charge in [-0.3, -0.25) is 0 Å². The van der Waals surface area contributed by atoms with Gasteiger partial charge in [0.05, 0.1) is 4.90 Å². The van der Waals surface area contributed by atoms with Crippen molar-refractivity contribution in [3.8, 4) is 0 Å². The number of benzene rings is 2. The molecule has 0 saturated heterocycles. The van der Waals surface area contributed by atoms with Crippen molar-refractivity contribution in [3.05, 3.63) is 42.0 Å². The van der Waals surface area contributed by atoms with E-state index in [4.69, 9.17) is 0 Å². The van der Waals surface area contributed by atoms with E-state index in [-0.39, 0.29) is 34.5 Å². The predicted octanol–water partition coefficient (Wildman–Crippen LogP) is -0.944. The molecule has 0 aliphatic heterocycles. The zero-order valence-corrected chi connectivity index (χ0v) is 11.9. The molecule has 0 aliphatic carbocycles. The maximum Gasteiger partial charge on any atom is 1.00 e. The third kappa shape index (κ3) is 2.64. The quantitative estimate of drug-likeness (QED) is 0.480. The van der Waals surface area contributed by atoms with E-state index in [1.807, 2.05) is 12.1 Å². The molecule has 0 aromatic heterocycles. The second-order valence-electron chi connectivity index (χ2n) is 3.44. The molecule has 2 rings (SSSR count). The molecule has 0 heterocycles. The van der Waals surface area contributed by atoms with E-state index in [1.165, 1.54) is 6.07 Å². The number of aryl methyl sites for hydroxylation is 1. The summed E-state index contributed by atoms with van der Waals surface area (Å²) in [6, 6.07) is 10.2. The van der Waals surface area contributed by atoms with Crippen molar-refractivity contribution < 1.29 is 42.5 Å². The van der Waals surface area contributed by atoms with Gasteiger partial charge in [-0.2, -0.15) is 0 Å². The summed E-state index contributed by atoms with van der Waals surface area (Å²) in [4.78, 5) is -0.141. The summed E-state index contributed by atoms with van der Waals surface area (Å²) in [5, 5.41) is 1.25. The molecule has 0 spiro atoms. The first kappa shape index (κ1) is 13.7. The Labute approximate surface area is 117 Å². The average Bonchev–Trinajstić information content (AvgIpc) is 2.15. The van der Waals surface area contributed by atoms with Gasteiger partial charge in [-0.05, 0) is 29.3 Å². The zero-order valence-electron chi connectivity index (χ0n) is 9.10. The van der Waals surface area contributed by atoms with Crippen molar-refractivity contribution in [2.24, 2.45) is 0 Å². The van der Waals surface area contributed by atoms with Crippen molar-refractivity contribution in [2.45, 2.75) is 11.8 Å². The van der Waals surface area contributed by atoms with Gasteiger partial charge in [-0.15, -0.1) is 0 Å². The summed E-state index contributed by atoms with van der Waals surface area (Å²) in [6.07, 6.45) is 0. The maximum absolute atomic E-state index is 11.0. The Morgan fingerprint density at radius 3 is 2.38 bits per heavy atom. The SMILES string of the molecule is Cc1cc(S(=O)(=O)[O-])c2ccccc2c1.[Na+]. The monoisotopic (exact) mass is 244 g/mol. The maximum atomic E-state index is 11.0. The van der Waals surface area contributed by atoms with Crippen molar-refractivity contribution >= 4 is 20.9 Å². The van der Waals surface area contributed by atoms with Crippen molar-refractivity contribution in [3.63, 3.8) is 0 Å². The van der Waals surface area contributed by atoms with E-state index >= 15 is 0 Å². The molecule has 0 aliphatic rings. The van der Waals surface area contributed by atoms with Crippen LogP contribution in [0.2, 0.25) is 0 Å². The first-order chi connectivity index (χ1) is 6.98. The molecule has 5 heteroatoms. The molecule has 2 aromatic carbocycles. The van der Waals surface area contributed by atoms with Gasteiger partial charge in [-0.1, -0.05) is 30.3 Å². The van der Waals surface area contributed by atoms with E-state index in [0.29, 0.717) is 5.39 Å². The van der Waals surface area contributed by atoms with Crippen LogP contribution in [-0.2, 0) is 10.1 Å². The summed E-state index contributed by atoms with van der Waals surface area (Å²) in [5.41, 5.74) is 0.767. The molecule has 2 aromatic rings. The van der Waals surface area contributed by atoms with Crippen molar-refractivity contribution in [2.75, 3.05) is 0 Å². The third-order valence-corrected chi connectivity index (χ3v) is 3.11. The van der Waals surface area contributed by atoms with Crippen LogP contribution < -0.4 is 29.6 Å². The van der Waals surface area contributed by atoms with Gasteiger partial charge in [-0.25, -0.2) is 8.42 Å². The second kappa shape index (κ2) is 4.85. The zero-order chi connectivity index (χ0) is 11.1. The Bertz CT molecular complexity index is 620. The molecule has 0 amide bonds. The average molecular weight is 244 g/mol. The number of hydrogen-bond acceptors (Lipinski definition) is 3. The van der Waals surface area contributed by atoms with Crippen molar-refractivity contribution in [1.29, 1.82) is 0 Å². The van der Waals surface area contributed by atoms with Crippen LogP contribution in [0.25, 0.3) is 10.8 Å². The van der Waals surface area contributed by atoms with Crippen LogP contribution in [0.1, 0.15) is 5.56 Å². The first-order valence-electron chi connectivity index (χ1n) is 4.44. The fourth-order valence-corrected chi connectivity index (χ4v) is 2.41. The van der Waals surface area contributed by atoms with Crippen LogP contribution in [0.5, 0.6) is 0 Å². The second-order valence-corrected chi connectivity index (χ2v) is 4.79. The van der Waals surface area contributed by atoms with E-state index in [2.05, 4.69) is 0 Å². The van der Waals surface area contributed by atoms with Gasteiger partial charge in [0.1, 0.15) is 10.1 Å². The molecule has 3 nitrogen and oxygen atoms in total. The smallest absolute Gasteiger partial charge is 0.744 e. The number of hydrogen-bond donors (Lipinski definition) is 0. The van der Waals surface area contributed by atoms with E-state index in [9.17, 15) is 13.0 Å². The molecule has 0 N–H and O–H groups in total. The topological polar surface area (TPSA) is 57.2 Å². The van der Waals surface area contributed by atoms with Gasteiger partial charge >= 0.3 is 29.6 Å². The summed E-state index contributed by atoms with van der Waals surface area (Å²) in [5.74, 6) is 0. The van der Waals surface area contributed by atoms with Gasteiger partial charge in [0.25, 0.3) is 0 Å². The summed E-state index contributed by atoms with van der Waals surface area (Å²) in [6.45, 7) is 1.76. The largest absolute Gasteiger partial charge is 1.00 e. The molecule has 78 valence electrons. The van der Waals surface area contributed by atoms with Crippen LogP contribution in [0.15, 0.2) is 41.3 Å². The van der Waals surface area contributed by atoms with Gasteiger partial charge in [0, 0.05) is 0 Å². The molecule has 0 bridgehead atoms. The van der Waals surface area contributed by atoms with E-state index in [0.717, 1.165) is 10.9 Å². The third-order valence-electron chi connectivity index (χ3n) is 2.24. The standard InChI is InChI=1S/C11H10O3S.Na/c1-8-6-9-4-2-3-5-10(9)11(7-8)15(12,13)14;/h2-7H,1H3,(H,12,13,14);/q;+1/p-1. The molecule has 16 heavy (non-hydrogen) atoms. The predicted molar refractivity (Wildman–Crippen MR) is 56.6 cm³/mol. The Balaban J connectivity index is 0.00000128. The van der Waals surface area contributed by atoms with Crippen LogP contribution in [0.4, 0.5) is 0 Å². The van der Waals surface area contributed by atoms with Gasteiger partial charge in [0.2, 0.25) is 0 Å². The molecule has 0 atom stereocenters.